The fourth-order valence-electron chi connectivity index (χ4n) is 2.34. The van der Waals surface area contributed by atoms with Crippen molar-refractivity contribution in [2.75, 3.05) is 5.32 Å². The Morgan fingerprint density at radius 1 is 1.19 bits per heavy atom. The number of benzene rings is 2. The number of para-hydroxylation sites is 1. The third-order valence-electron chi connectivity index (χ3n) is 3.57. The van der Waals surface area contributed by atoms with Crippen molar-refractivity contribution in [2.45, 2.75) is 0 Å². The summed E-state index contributed by atoms with van der Waals surface area (Å²) in [6.45, 7) is 0. The van der Waals surface area contributed by atoms with E-state index in [1.807, 2.05) is 0 Å². The zero-order valence-electron chi connectivity index (χ0n) is 13.4. The average molecular weight is 405 g/mol. The molecule has 0 saturated heterocycles. The molecule has 0 atom stereocenters. The Kier molecular flexibility index (Phi) is 5.25. The van der Waals surface area contributed by atoms with Crippen molar-refractivity contribution in [2.24, 2.45) is 0 Å². The Bertz CT molecular complexity index is 1150. The van der Waals surface area contributed by atoms with E-state index in [0.717, 1.165) is 0 Å². The van der Waals surface area contributed by atoms with Gasteiger partial charge in [-0.15, -0.1) is 0 Å². The van der Waals surface area contributed by atoms with E-state index in [1.165, 1.54) is 42.5 Å². The summed E-state index contributed by atoms with van der Waals surface area (Å²) >= 11 is 11.8. The molecule has 0 saturated carbocycles. The zero-order valence-corrected chi connectivity index (χ0v) is 15.0. The lowest BCUT2D eigenvalue weighted by Crippen LogP contribution is -2.15. The maximum Gasteiger partial charge on any atom is 0.360 e. The number of hydrogen-bond acceptors (Lipinski definition) is 5. The van der Waals surface area contributed by atoms with E-state index in [-0.39, 0.29) is 17.0 Å². The molecular formula is C18H10Cl2N2O5. The molecule has 0 unspecified atom stereocenters. The number of nitrogens with zero attached hydrogens (tertiary/aromatic N) is 1. The zero-order chi connectivity index (χ0) is 19.6. The fourth-order valence-corrected chi connectivity index (χ4v) is 2.81. The van der Waals surface area contributed by atoms with Crippen LogP contribution in [0.25, 0.3) is 17.0 Å². The van der Waals surface area contributed by atoms with Gasteiger partial charge in [0.25, 0.3) is 0 Å². The summed E-state index contributed by atoms with van der Waals surface area (Å²) in [7, 11) is 0. The number of fused-ring (bicyclic) bond motifs is 1. The van der Waals surface area contributed by atoms with Crippen LogP contribution < -0.4 is 10.9 Å². The second-order valence-corrected chi connectivity index (χ2v) is 6.23. The Morgan fingerprint density at radius 3 is 2.67 bits per heavy atom. The van der Waals surface area contributed by atoms with Crippen LogP contribution in [0.4, 0.5) is 11.4 Å². The highest BCUT2D eigenvalue weighted by Gasteiger charge is 2.16. The largest absolute Gasteiger partial charge is 0.414 e. The van der Waals surface area contributed by atoms with Gasteiger partial charge in [0, 0.05) is 27.6 Å². The molecular weight excluding hydrogens is 395 g/mol. The first-order valence-corrected chi connectivity index (χ1v) is 8.26. The van der Waals surface area contributed by atoms with Gasteiger partial charge < -0.3 is 9.73 Å². The molecule has 0 aliphatic rings. The summed E-state index contributed by atoms with van der Waals surface area (Å²) in [4.78, 5) is 34.5. The predicted octanol–water partition coefficient (Wildman–Crippen LogP) is 4.66. The van der Waals surface area contributed by atoms with Crippen molar-refractivity contribution in [1.82, 2.24) is 0 Å². The Hall–Kier alpha value is -3.16. The second kappa shape index (κ2) is 7.61. The molecule has 1 heterocycles. The van der Waals surface area contributed by atoms with Crippen LogP contribution in [0.2, 0.25) is 10.0 Å². The number of hydrogen-bond donors (Lipinski definition) is 1. The fraction of sp³-hybridized carbons (Fsp3) is 0. The highest BCUT2D eigenvalue weighted by atomic mass is 35.5. The number of nitrogens with one attached hydrogen (secondary N) is 1. The monoisotopic (exact) mass is 404 g/mol. The van der Waals surface area contributed by atoms with Crippen LogP contribution in [0.1, 0.15) is 5.56 Å². The lowest BCUT2D eigenvalue weighted by molar-refractivity contribution is -0.383. The summed E-state index contributed by atoms with van der Waals surface area (Å²) in [5.41, 5.74) is -0.964. The molecule has 1 N–H and O–H groups in total. The first-order valence-electron chi connectivity index (χ1n) is 7.50. The maximum absolute atomic E-state index is 12.1. The minimum absolute atomic E-state index is 0.139. The van der Waals surface area contributed by atoms with Gasteiger partial charge in [-0.2, -0.15) is 0 Å². The van der Waals surface area contributed by atoms with E-state index in [2.05, 4.69) is 5.32 Å². The molecule has 0 aliphatic heterocycles. The summed E-state index contributed by atoms with van der Waals surface area (Å²) in [6, 6.07) is 10.3. The number of carbonyl (C=O) groups is 1. The third kappa shape index (κ3) is 4.16. The molecule has 1 amide bonds. The van der Waals surface area contributed by atoms with Gasteiger partial charge in [0.2, 0.25) is 11.5 Å². The predicted molar refractivity (Wildman–Crippen MR) is 103 cm³/mol. The smallest absolute Gasteiger partial charge is 0.360 e. The maximum atomic E-state index is 12.1. The second-order valence-electron chi connectivity index (χ2n) is 5.39. The number of halogens is 2. The van der Waals surface area contributed by atoms with Crippen LogP contribution >= 0.6 is 23.2 Å². The van der Waals surface area contributed by atoms with Crippen molar-refractivity contribution >= 4 is 57.5 Å². The summed E-state index contributed by atoms with van der Waals surface area (Å²) in [6.07, 6.45) is 2.65. The van der Waals surface area contributed by atoms with Crippen molar-refractivity contribution in [1.29, 1.82) is 0 Å². The van der Waals surface area contributed by atoms with Crippen molar-refractivity contribution in [3.63, 3.8) is 0 Å². The lowest BCUT2D eigenvalue weighted by Gasteiger charge is -2.03. The van der Waals surface area contributed by atoms with E-state index in [4.69, 9.17) is 27.6 Å². The summed E-state index contributed by atoms with van der Waals surface area (Å²) in [5, 5.41) is 14.5. The standard InChI is InChI=1S/C18H10Cl2N2O5/c19-12-6-4-10(13(20)9-12)5-7-16(23)21-14-8-11-2-1-3-15(22(25)26)17(11)27-18(14)24/h1-9H,(H,21,23)/b7-5+. The first kappa shape index (κ1) is 18.6. The van der Waals surface area contributed by atoms with Crippen LogP contribution in [0.5, 0.6) is 0 Å². The molecule has 2 aromatic carbocycles. The number of rotatable bonds is 4. The number of amides is 1. The lowest BCUT2D eigenvalue weighted by atomic mass is 10.2. The van der Waals surface area contributed by atoms with Gasteiger partial charge in [-0.05, 0) is 29.8 Å². The van der Waals surface area contributed by atoms with Gasteiger partial charge in [0.15, 0.2) is 0 Å². The minimum atomic E-state index is -0.900. The molecule has 1 aromatic heterocycles. The average Bonchev–Trinajstić information content (AvgIpc) is 2.61. The van der Waals surface area contributed by atoms with Crippen molar-refractivity contribution < 1.29 is 14.1 Å². The van der Waals surface area contributed by atoms with Gasteiger partial charge >= 0.3 is 11.3 Å². The highest BCUT2D eigenvalue weighted by molar-refractivity contribution is 6.35. The van der Waals surface area contributed by atoms with Gasteiger partial charge in [-0.1, -0.05) is 41.4 Å². The molecule has 0 bridgehead atoms. The minimum Gasteiger partial charge on any atom is -0.414 e. The number of nitro groups is 1. The van der Waals surface area contributed by atoms with Crippen molar-refractivity contribution in [3.8, 4) is 0 Å². The molecule has 3 aromatic rings. The van der Waals surface area contributed by atoms with Crippen LogP contribution in [0.3, 0.4) is 0 Å². The highest BCUT2D eigenvalue weighted by Crippen LogP contribution is 2.26. The molecule has 9 heteroatoms. The Balaban J connectivity index is 1.87. The van der Waals surface area contributed by atoms with Gasteiger partial charge in [0.05, 0.1) is 4.92 Å². The molecule has 0 fully saturated rings. The van der Waals surface area contributed by atoms with Gasteiger partial charge in [0.1, 0.15) is 5.69 Å². The van der Waals surface area contributed by atoms with E-state index in [0.29, 0.717) is 21.0 Å². The molecule has 136 valence electrons. The van der Waals surface area contributed by atoms with Gasteiger partial charge in [-0.3, -0.25) is 14.9 Å². The molecule has 7 nitrogen and oxygen atoms in total. The van der Waals surface area contributed by atoms with E-state index in [9.17, 15) is 19.7 Å². The number of anilines is 1. The number of carbonyl (C=O) groups excluding carboxylic acids is 1. The Morgan fingerprint density at radius 2 is 1.96 bits per heavy atom. The van der Waals surface area contributed by atoms with Crippen LogP contribution in [-0.2, 0) is 4.79 Å². The van der Waals surface area contributed by atoms with Crippen LogP contribution in [-0.4, -0.2) is 10.8 Å². The first-order chi connectivity index (χ1) is 12.8. The molecule has 0 aliphatic carbocycles. The SMILES string of the molecule is O=C(/C=C/c1ccc(Cl)cc1Cl)Nc1cc2cccc([N+](=O)[O-])c2oc1=O. The molecule has 3 rings (SSSR count). The number of nitro benzene ring substituents is 1. The molecule has 27 heavy (non-hydrogen) atoms. The van der Waals surface area contributed by atoms with E-state index in [1.54, 1.807) is 12.1 Å². The quantitative estimate of drug-likeness (QED) is 0.294. The van der Waals surface area contributed by atoms with E-state index >= 15 is 0 Å². The van der Waals surface area contributed by atoms with Crippen molar-refractivity contribution in [3.05, 3.63) is 84.7 Å². The summed E-state index contributed by atoms with van der Waals surface area (Å²) in [5.74, 6) is -0.599. The Labute approximate surface area is 162 Å². The summed E-state index contributed by atoms with van der Waals surface area (Å²) < 4.78 is 5.01. The van der Waals surface area contributed by atoms with Crippen LogP contribution in [0, 0.1) is 10.1 Å². The molecule has 0 spiro atoms. The van der Waals surface area contributed by atoms with Crippen LogP contribution in [0.15, 0.2) is 57.8 Å². The normalized spacial score (nSPS) is 11.0. The van der Waals surface area contributed by atoms with E-state index < -0.39 is 16.5 Å². The number of non-ortho nitro benzene ring substituents is 1. The molecule has 0 radical (unpaired) electrons. The van der Waals surface area contributed by atoms with Gasteiger partial charge in [-0.25, -0.2) is 4.79 Å². The third-order valence-corrected chi connectivity index (χ3v) is 4.13. The topological polar surface area (TPSA) is 102 Å².